The number of hydrogen-bond acceptors (Lipinski definition) is 5. The molecule has 2 aliphatic rings. The minimum atomic E-state index is -1.21. The first-order valence-corrected chi connectivity index (χ1v) is 7.69. The van der Waals surface area contributed by atoms with Gasteiger partial charge in [0.25, 0.3) is 5.91 Å². The van der Waals surface area contributed by atoms with Crippen LogP contribution in [0.4, 0.5) is 4.79 Å². The molecular formula is C15H20N4O4. The van der Waals surface area contributed by atoms with Crippen molar-refractivity contribution in [1.82, 2.24) is 20.4 Å². The van der Waals surface area contributed by atoms with E-state index in [1.165, 1.54) is 6.26 Å². The molecule has 0 aromatic carbocycles. The number of amides is 4. The van der Waals surface area contributed by atoms with E-state index in [1.807, 2.05) is 0 Å². The lowest BCUT2D eigenvalue weighted by Crippen LogP contribution is -2.47. The number of nitrogens with zero attached hydrogens (tertiary/aromatic N) is 2. The van der Waals surface area contributed by atoms with E-state index in [1.54, 1.807) is 24.0 Å². The summed E-state index contributed by atoms with van der Waals surface area (Å²) >= 11 is 0. The molecule has 0 bridgehead atoms. The Bertz CT molecular complexity index is 609. The van der Waals surface area contributed by atoms with Crippen LogP contribution >= 0.6 is 0 Å². The number of furan rings is 1. The van der Waals surface area contributed by atoms with Gasteiger partial charge in [0.1, 0.15) is 5.76 Å². The monoisotopic (exact) mass is 320 g/mol. The quantitative estimate of drug-likeness (QED) is 0.754. The molecule has 2 aliphatic heterocycles. The summed E-state index contributed by atoms with van der Waals surface area (Å²) in [5.74, 6) is -0.0592. The van der Waals surface area contributed by atoms with Crippen molar-refractivity contribution in [3.8, 4) is 0 Å². The number of hydrogen-bond donors (Lipinski definition) is 2. The van der Waals surface area contributed by atoms with Gasteiger partial charge in [0.2, 0.25) is 5.91 Å². The van der Waals surface area contributed by atoms with E-state index >= 15 is 0 Å². The molecule has 4 amide bonds. The first kappa shape index (κ1) is 15.5. The molecule has 124 valence electrons. The maximum absolute atomic E-state index is 12.6. The summed E-state index contributed by atoms with van der Waals surface area (Å²) in [6, 6.07) is 2.81. The van der Waals surface area contributed by atoms with Crippen LogP contribution in [0.1, 0.15) is 19.1 Å². The Balaban J connectivity index is 1.63. The van der Waals surface area contributed by atoms with Gasteiger partial charge in [-0.1, -0.05) is 0 Å². The highest BCUT2D eigenvalue weighted by Gasteiger charge is 2.50. The van der Waals surface area contributed by atoms with Crippen molar-refractivity contribution in [2.75, 3.05) is 32.7 Å². The SMILES string of the molecule is CC1(c2ccco2)NC(=O)N(CCC(=O)N2CCNCC2)C1=O. The summed E-state index contributed by atoms with van der Waals surface area (Å²) in [6.45, 7) is 4.52. The number of nitrogens with one attached hydrogen (secondary N) is 2. The normalized spacial score (nSPS) is 24.9. The molecule has 2 N–H and O–H groups in total. The van der Waals surface area contributed by atoms with Gasteiger partial charge in [-0.2, -0.15) is 0 Å². The Hall–Kier alpha value is -2.35. The van der Waals surface area contributed by atoms with E-state index in [9.17, 15) is 14.4 Å². The zero-order valence-corrected chi connectivity index (χ0v) is 13.0. The van der Waals surface area contributed by atoms with Gasteiger partial charge in [0, 0.05) is 39.1 Å². The van der Waals surface area contributed by atoms with Crippen molar-refractivity contribution in [2.24, 2.45) is 0 Å². The van der Waals surface area contributed by atoms with Crippen LogP contribution in [0.3, 0.4) is 0 Å². The molecule has 3 rings (SSSR count). The van der Waals surface area contributed by atoms with Gasteiger partial charge in [-0.25, -0.2) is 4.79 Å². The number of urea groups is 1. The van der Waals surface area contributed by atoms with Crippen LogP contribution in [-0.4, -0.2) is 60.4 Å². The maximum atomic E-state index is 12.6. The minimum absolute atomic E-state index is 0.0429. The van der Waals surface area contributed by atoms with Crippen LogP contribution in [0.25, 0.3) is 0 Å². The third-order valence-corrected chi connectivity index (χ3v) is 4.31. The molecule has 8 nitrogen and oxygen atoms in total. The molecule has 2 saturated heterocycles. The average molecular weight is 320 g/mol. The molecule has 3 heterocycles. The van der Waals surface area contributed by atoms with E-state index in [2.05, 4.69) is 10.6 Å². The first-order chi connectivity index (χ1) is 11.0. The summed E-state index contributed by atoms with van der Waals surface area (Å²) < 4.78 is 5.26. The van der Waals surface area contributed by atoms with E-state index in [0.29, 0.717) is 18.8 Å². The molecule has 1 aromatic heterocycles. The predicted octanol–water partition coefficient (Wildman–Crippen LogP) is -0.131. The molecule has 23 heavy (non-hydrogen) atoms. The number of carbonyl (C=O) groups is 3. The molecule has 0 radical (unpaired) electrons. The zero-order valence-electron chi connectivity index (χ0n) is 13.0. The molecule has 8 heteroatoms. The summed E-state index contributed by atoms with van der Waals surface area (Å²) in [6.07, 6.45) is 1.59. The van der Waals surface area contributed by atoms with Crippen LogP contribution in [-0.2, 0) is 15.1 Å². The lowest BCUT2D eigenvalue weighted by molar-refractivity contribution is -0.134. The van der Waals surface area contributed by atoms with Crippen LogP contribution < -0.4 is 10.6 Å². The fourth-order valence-electron chi connectivity index (χ4n) is 2.91. The number of rotatable bonds is 4. The summed E-state index contributed by atoms with van der Waals surface area (Å²) in [4.78, 5) is 39.7. The standard InChI is InChI=1S/C15H20N4O4/c1-15(11-3-2-10-23-11)13(21)19(14(22)17-15)7-4-12(20)18-8-5-16-6-9-18/h2-3,10,16H,4-9H2,1H3,(H,17,22). The molecule has 1 aromatic rings. The minimum Gasteiger partial charge on any atom is -0.466 e. The summed E-state index contributed by atoms with van der Waals surface area (Å²) in [7, 11) is 0. The molecule has 0 saturated carbocycles. The zero-order chi connectivity index (χ0) is 16.4. The fraction of sp³-hybridized carbons (Fsp3) is 0.533. The largest absolute Gasteiger partial charge is 0.466 e. The van der Waals surface area contributed by atoms with Crippen molar-refractivity contribution >= 4 is 17.8 Å². The third-order valence-electron chi connectivity index (χ3n) is 4.31. The Labute approximate surface area is 133 Å². The van der Waals surface area contributed by atoms with Crippen molar-refractivity contribution < 1.29 is 18.8 Å². The number of carbonyl (C=O) groups excluding carboxylic acids is 3. The lowest BCUT2D eigenvalue weighted by atomic mass is 9.99. The highest BCUT2D eigenvalue weighted by Crippen LogP contribution is 2.29. The Morgan fingerprint density at radius 3 is 2.74 bits per heavy atom. The molecule has 1 unspecified atom stereocenters. The first-order valence-electron chi connectivity index (χ1n) is 7.69. The Morgan fingerprint density at radius 2 is 2.09 bits per heavy atom. The summed E-state index contributed by atoms with van der Waals surface area (Å²) in [5.41, 5.74) is -1.21. The molecule has 0 spiro atoms. The Kier molecular flexibility index (Phi) is 4.08. The highest BCUT2D eigenvalue weighted by molar-refractivity contribution is 6.07. The van der Waals surface area contributed by atoms with E-state index in [4.69, 9.17) is 4.42 Å². The van der Waals surface area contributed by atoms with Gasteiger partial charge in [0.15, 0.2) is 5.54 Å². The predicted molar refractivity (Wildman–Crippen MR) is 80.4 cm³/mol. The fourth-order valence-corrected chi connectivity index (χ4v) is 2.91. The van der Waals surface area contributed by atoms with Gasteiger partial charge in [-0.3, -0.25) is 14.5 Å². The lowest BCUT2D eigenvalue weighted by Gasteiger charge is -2.28. The van der Waals surface area contributed by atoms with Crippen molar-refractivity contribution in [3.05, 3.63) is 24.2 Å². The van der Waals surface area contributed by atoms with E-state index in [-0.39, 0.29) is 18.9 Å². The van der Waals surface area contributed by atoms with Crippen LogP contribution in [0.15, 0.2) is 22.8 Å². The van der Waals surface area contributed by atoms with Crippen molar-refractivity contribution in [3.63, 3.8) is 0 Å². The number of piperazine rings is 1. The van der Waals surface area contributed by atoms with Gasteiger partial charge in [-0.05, 0) is 19.1 Å². The smallest absolute Gasteiger partial charge is 0.325 e. The van der Waals surface area contributed by atoms with Crippen LogP contribution in [0, 0.1) is 0 Å². The summed E-state index contributed by atoms with van der Waals surface area (Å²) in [5, 5.41) is 5.82. The number of imide groups is 1. The molecule has 1 atom stereocenters. The maximum Gasteiger partial charge on any atom is 0.325 e. The second-order valence-electron chi connectivity index (χ2n) is 5.87. The third kappa shape index (κ3) is 2.81. The van der Waals surface area contributed by atoms with E-state index in [0.717, 1.165) is 18.0 Å². The topological polar surface area (TPSA) is 94.9 Å². The molecule has 2 fully saturated rings. The second kappa shape index (κ2) is 6.04. The molecule has 0 aliphatic carbocycles. The van der Waals surface area contributed by atoms with E-state index < -0.39 is 17.5 Å². The van der Waals surface area contributed by atoms with Crippen molar-refractivity contribution in [1.29, 1.82) is 0 Å². The van der Waals surface area contributed by atoms with Crippen molar-refractivity contribution in [2.45, 2.75) is 18.9 Å². The molecular weight excluding hydrogens is 300 g/mol. The second-order valence-corrected chi connectivity index (χ2v) is 5.87. The average Bonchev–Trinajstić information content (AvgIpc) is 3.16. The highest BCUT2D eigenvalue weighted by atomic mass is 16.3. The van der Waals surface area contributed by atoms with Gasteiger partial charge in [0.05, 0.1) is 6.26 Å². The van der Waals surface area contributed by atoms with Crippen LogP contribution in [0.5, 0.6) is 0 Å². The Morgan fingerprint density at radius 1 is 1.35 bits per heavy atom. The van der Waals surface area contributed by atoms with Crippen LogP contribution in [0.2, 0.25) is 0 Å². The van der Waals surface area contributed by atoms with Gasteiger partial charge in [-0.15, -0.1) is 0 Å². The van der Waals surface area contributed by atoms with Gasteiger partial charge < -0.3 is 20.0 Å². The van der Waals surface area contributed by atoms with Gasteiger partial charge >= 0.3 is 6.03 Å².